The molecular formula is C21H23N3O3. The van der Waals surface area contributed by atoms with Gasteiger partial charge in [-0.25, -0.2) is 9.78 Å². The average Bonchev–Trinajstić information content (AvgIpc) is 3.03. The number of aliphatic carboxylic acids is 1. The predicted molar refractivity (Wildman–Crippen MR) is 104 cm³/mol. The van der Waals surface area contributed by atoms with E-state index in [9.17, 15) is 14.7 Å². The maximum absolute atomic E-state index is 12.3. The molecule has 0 aliphatic carbocycles. The zero-order chi connectivity index (χ0) is 19.4. The molecule has 0 aliphatic heterocycles. The molecule has 6 nitrogen and oxygen atoms in total. The SMILES string of the molecule is CC(C)[C@@H](NC(=O)CCc1nc2ccccc2n1-c1ccccc1)C(=O)O. The van der Waals surface area contributed by atoms with E-state index in [0.29, 0.717) is 6.42 Å². The molecule has 6 heteroatoms. The van der Waals surface area contributed by atoms with Crippen molar-refractivity contribution < 1.29 is 14.7 Å². The van der Waals surface area contributed by atoms with Crippen molar-refractivity contribution in [2.75, 3.05) is 0 Å². The Bertz CT molecular complexity index is 948. The first kappa shape index (κ1) is 18.6. The van der Waals surface area contributed by atoms with Gasteiger partial charge in [-0.2, -0.15) is 0 Å². The minimum Gasteiger partial charge on any atom is -0.480 e. The van der Waals surface area contributed by atoms with Gasteiger partial charge in [-0.1, -0.05) is 44.2 Å². The summed E-state index contributed by atoms with van der Waals surface area (Å²) in [5.41, 5.74) is 2.82. The lowest BCUT2D eigenvalue weighted by Crippen LogP contribution is -2.44. The van der Waals surface area contributed by atoms with Crippen molar-refractivity contribution in [3.8, 4) is 5.69 Å². The summed E-state index contributed by atoms with van der Waals surface area (Å²) in [5.74, 6) is -0.716. The van der Waals surface area contributed by atoms with Crippen LogP contribution in [0.1, 0.15) is 26.1 Å². The molecular weight excluding hydrogens is 342 g/mol. The fourth-order valence-corrected chi connectivity index (χ4v) is 3.09. The first-order chi connectivity index (χ1) is 13.0. The molecule has 3 aromatic rings. The van der Waals surface area contributed by atoms with Crippen molar-refractivity contribution in [2.24, 2.45) is 5.92 Å². The third-order valence-electron chi connectivity index (χ3n) is 4.47. The van der Waals surface area contributed by atoms with E-state index in [2.05, 4.69) is 10.3 Å². The largest absolute Gasteiger partial charge is 0.480 e. The molecule has 1 atom stereocenters. The van der Waals surface area contributed by atoms with E-state index < -0.39 is 12.0 Å². The van der Waals surface area contributed by atoms with Crippen LogP contribution in [-0.4, -0.2) is 32.6 Å². The van der Waals surface area contributed by atoms with Crippen molar-refractivity contribution in [3.05, 3.63) is 60.4 Å². The van der Waals surface area contributed by atoms with Gasteiger partial charge < -0.3 is 10.4 Å². The molecule has 1 amide bonds. The van der Waals surface area contributed by atoms with E-state index in [1.807, 2.05) is 59.2 Å². The Hall–Kier alpha value is -3.15. The number of imidazole rings is 1. The summed E-state index contributed by atoms with van der Waals surface area (Å²) < 4.78 is 2.04. The molecule has 27 heavy (non-hydrogen) atoms. The van der Waals surface area contributed by atoms with Crippen LogP contribution in [-0.2, 0) is 16.0 Å². The van der Waals surface area contributed by atoms with Gasteiger partial charge in [-0.15, -0.1) is 0 Å². The number of hydrogen-bond donors (Lipinski definition) is 2. The van der Waals surface area contributed by atoms with Crippen LogP contribution >= 0.6 is 0 Å². The summed E-state index contributed by atoms with van der Waals surface area (Å²) >= 11 is 0. The number of aryl methyl sites for hydroxylation is 1. The number of carboxylic acids is 1. The smallest absolute Gasteiger partial charge is 0.326 e. The highest BCUT2D eigenvalue weighted by Crippen LogP contribution is 2.22. The van der Waals surface area contributed by atoms with Gasteiger partial charge in [0.25, 0.3) is 0 Å². The number of aromatic nitrogens is 2. The number of carbonyl (C=O) groups excluding carboxylic acids is 1. The third-order valence-corrected chi connectivity index (χ3v) is 4.47. The van der Waals surface area contributed by atoms with Gasteiger partial charge in [-0.05, 0) is 30.2 Å². The van der Waals surface area contributed by atoms with Gasteiger partial charge in [0.1, 0.15) is 11.9 Å². The molecule has 1 aromatic heterocycles. The number of carbonyl (C=O) groups is 2. The number of fused-ring (bicyclic) bond motifs is 1. The Morgan fingerprint density at radius 3 is 2.41 bits per heavy atom. The Morgan fingerprint density at radius 2 is 1.74 bits per heavy atom. The van der Waals surface area contributed by atoms with Crippen molar-refractivity contribution >= 4 is 22.9 Å². The number of nitrogens with one attached hydrogen (secondary N) is 1. The Labute approximate surface area is 157 Å². The zero-order valence-corrected chi connectivity index (χ0v) is 15.4. The number of nitrogens with zero attached hydrogens (tertiary/aromatic N) is 2. The van der Waals surface area contributed by atoms with Crippen molar-refractivity contribution in [3.63, 3.8) is 0 Å². The minimum absolute atomic E-state index is 0.173. The van der Waals surface area contributed by atoms with Crippen LogP contribution < -0.4 is 5.32 Å². The van der Waals surface area contributed by atoms with Gasteiger partial charge in [-0.3, -0.25) is 9.36 Å². The van der Waals surface area contributed by atoms with Crippen LogP contribution in [0.15, 0.2) is 54.6 Å². The van der Waals surface area contributed by atoms with Crippen LogP contribution in [0.4, 0.5) is 0 Å². The second-order valence-corrected chi connectivity index (χ2v) is 6.82. The molecule has 0 saturated carbocycles. The number of para-hydroxylation sites is 3. The number of rotatable bonds is 7. The Balaban J connectivity index is 1.83. The summed E-state index contributed by atoms with van der Waals surface area (Å²) in [6.45, 7) is 3.54. The van der Waals surface area contributed by atoms with Crippen LogP contribution in [0.2, 0.25) is 0 Å². The average molecular weight is 365 g/mol. The molecule has 0 unspecified atom stereocenters. The van der Waals surface area contributed by atoms with Crippen LogP contribution in [0, 0.1) is 5.92 Å². The van der Waals surface area contributed by atoms with E-state index in [0.717, 1.165) is 22.5 Å². The van der Waals surface area contributed by atoms with Crippen LogP contribution in [0.5, 0.6) is 0 Å². The maximum Gasteiger partial charge on any atom is 0.326 e. The quantitative estimate of drug-likeness (QED) is 0.673. The minimum atomic E-state index is -1.02. The number of amides is 1. The second kappa shape index (κ2) is 8.03. The molecule has 0 spiro atoms. The summed E-state index contributed by atoms with van der Waals surface area (Å²) in [6.07, 6.45) is 0.590. The lowest BCUT2D eigenvalue weighted by Gasteiger charge is -2.17. The van der Waals surface area contributed by atoms with E-state index >= 15 is 0 Å². The van der Waals surface area contributed by atoms with E-state index in [-0.39, 0.29) is 18.2 Å². The first-order valence-electron chi connectivity index (χ1n) is 9.01. The molecule has 0 fully saturated rings. The zero-order valence-electron chi connectivity index (χ0n) is 15.4. The summed E-state index contributed by atoms with van der Waals surface area (Å²) in [7, 11) is 0. The summed E-state index contributed by atoms with van der Waals surface area (Å²) in [4.78, 5) is 28.2. The maximum atomic E-state index is 12.3. The monoisotopic (exact) mass is 365 g/mol. The molecule has 3 rings (SSSR count). The first-order valence-corrected chi connectivity index (χ1v) is 9.01. The Kier molecular flexibility index (Phi) is 5.54. The standard InChI is InChI=1S/C21H23N3O3/c1-14(2)20(21(26)27)23-19(25)13-12-18-22-16-10-6-7-11-17(16)24(18)15-8-4-3-5-9-15/h3-11,14,20H,12-13H2,1-2H3,(H,23,25)(H,26,27)/t20-/m1/s1. The fourth-order valence-electron chi connectivity index (χ4n) is 3.09. The number of carboxylic acid groups (broad SMARTS) is 1. The summed E-state index contributed by atoms with van der Waals surface area (Å²) in [6, 6.07) is 16.8. The van der Waals surface area contributed by atoms with Gasteiger partial charge in [0.15, 0.2) is 0 Å². The second-order valence-electron chi connectivity index (χ2n) is 6.82. The fraction of sp³-hybridized carbons (Fsp3) is 0.286. The van der Waals surface area contributed by atoms with Crippen molar-refractivity contribution in [2.45, 2.75) is 32.7 Å². The highest BCUT2D eigenvalue weighted by atomic mass is 16.4. The topological polar surface area (TPSA) is 84.2 Å². The number of hydrogen-bond acceptors (Lipinski definition) is 3. The highest BCUT2D eigenvalue weighted by molar-refractivity contribution is 5.84. The molecule has 140 valence electrons. The van der Waals surface area contributed by atoms with E-state index in [1.54, 1.807) is 13.8 Å². The van der Waals surface area contributed by atoms with Gasteiger partial charge in [0.2, 0.25) is 5.91 Å². The molecule has 0 aliphatic rings. The highest BCUT2D eigenvalue weighted by Gasteiger charge is 2.23. The van der Waals surface area contributed by atoms with Gasteiger partial charge in [0, 0.05) is 18.5 Å². The summed E-state index contributed by atoms with van der Waals surface area (Å²) in [5, 5.41) is 11.8. The molecule has 2 aromatic carbocycles. The number of benzene rings is 2. The molecule has 1 heterocycles. The van der Waals surface area contributed by atoms with Crippen molar-refractivity contribution in [1.29, 1.82) is 0 Å². The third kappa shape index (κ3) is 4.16. The van der Waals surface area contributed by atoms with E-state index in [1.165, 1.54) is 0 Å². The molecule has 0 bridgehead atoms. The van der Waals surface area contributed by atoms with Gasteiger partial charge >= 0.3 is 5.97 Å². The normalized spacial score (nSPS) is 12.3. The van der Waals surface area contributed by atoms with E-state index in [4.69, 9.17) is 0 Å². The van der Waals surface area contributed by atoms with Crippen molar-refractivity contribution in [1.82, 2.24) is 14.9 Å². The van der Waals surface area contributed by atoms with Crippen LogP contribution in [0.25, 0.3) is 16.7 Å². The molecule has 0 radical (unpaired) electrons. The van der Waals surface area contributed by atoms with Gasteiger partial charge in [0.05, 0.1) is 11.0 Å². The lowest BCUT2D eigenvalue weighted by molar-refractivity contribution is -0.143. The molecule has 0 saturated heterocycles. The predicted octanol–water partition coefficient (Wildman–Crippen LogP) is 3.18. The lowest BCUT2D eigenvalue weighted by atomic mass is 10.0. The molecule has 2 N–H and O–H groups in total. The van der Waals surface area contributed by atoms with Crippen LogP contribution in [0.3, 0.4) is 0 Å². The Morgan fingerprint density at radius 1 is 1.07 bits per heavy atom.